The predicted octanol–water partition coefficient (Wildman–Crippen LogP) is 4.30. The molecule has 0 aliphatic heterocycles. The van der Waals surface area contributed by atoms with E-state index in [0.29, 0.717) is 17.3 Å². The number of benzene rings is 2. The second-order valence-corrected chi connectivity index (χ2v) is 8.23. The van der Waals surface area contributed by atoms with Gasteiger partial charge < -0.3 is 4.74 Å². The predicted molar refractivity (Wildman–Crippen MR) is 109 cm³/mol. The third kappa shape index (κ3) is 4.64. The SMILES string of the molecule is O=S(=O)(Cc1cc(Oc2ccccc2)nc(-c2ccncc2)n1)c1ccccc1. The summed E-state index contributed by atoms with van der Waals surface area (Å²) >= 11 is 0. The van der Waals surface area contributed by atoms with Crippen molar-refractivity contribution in [1.29, 1.82) is 0 Å². The zero-order valence-electron chi connectivity index (χ0n) is 15.3. The van der Waals surface area contributed by atoms with Crippen LogP contribution in [0.25, 0.3) is 11.4 Å². The molecule has 0 saturated carbocycles. The topological polar surface area (TPSA) is 82.0 Å². The molecule has 0 saturated heterocycles. The first-order valence-corrected chi connectivity index (χ1v) is 10.5. The van der Waals surface area contributed by atoms with Gasteiger partial charge in [-0.1, -0.05) is 36.4 Å². The molecule has 7 heteroatoms. The van der Waals surface area contributed by atoms with E-state index in [1.807, 2.05) is 18.2 Å². The lowest BCUT2D eigenvalue weighted by Gasteiger charge is -2.10. The largest absolute Gasteiger partial charge is 0.439 e. The van der Waals surface area contributed by atoms with Crippen LogP contribution in [0, 0.1) is 0 Å². The zero-order valence-corrected chi connectivity index (χ0v) is 16.2. The van der Waals surface area contributed by atoms with Gasteiger partial charge in [0.05, 0.1) is 16.3 Å². The number of rotatable bonds is 6. The van der Waals surface area contributed by atoms with E-state index in [1.165, 1.54) is 0 Å². The van der Waals surface area contributed by atoms with Crippen LogP contribution in [0.15, 0.2) is 96.2 Å². The average molecular weight is 403 g/mol. The van der Waals surface area contributed by atoms with Crippen molar-refractivity contribution < 1.29 is 13.2 Å². The van der Waals surface area contributed by atoms with E-state index < -0.39 is 9.84 Å². The second kappa shape index (κ2) is 8.20. The molecule has 0 amide bonds. The quantitative estimate of drug-likeness (QED) is 0.477. The van der Waals surface area contributed by atoms with Gasteiger partial charge in [-0.2, -0.15) is 4.98 Å². The van der Waals surface area contributed by atoms with Gasteiger partial charge >= 0.3 is 0 Å². The maximum atomic E-state index is 12.8. The second-order valence-electron chi connectivity index (χ2n) is 6.24. The highest BCUT2D eigenvalue weighted by molar-refractivity contribution is 7.90. The number of ether oxygens (including phenoxy) is 1. The van der Waals surface area contributed by atoms with Crippen LogP contribution in [0.3, 0.4) is 0 Å². The molecular weight excluding hydrogens is 386 g/mol. The van der Waals surface area contributed by atoms with E-state index in [4.69, 9.17) is 4.74 Å². The first-order valence-electron chi connectivity index (χ1n) is 8.89. The molecule has 0 N–H and O–H groups in total. The van der Waals surface area contributed by atoms with Crippen molar-refractivity contribution in [3.63, 3.8) is 0 Å². The Labute approximate surface area is 168 Å². The fourth-order valence-electron chi connectivity index (χ4n) is 2.74. The lowest BCUT2D eigenvalue weighted by atomic mass is 10.2. The lowest BCUT2D eigenvalue weighted by Crippen LogP contribution is -2.08. The van der Waals surface area contributed by atoms with Gasteiger partial charge in [-0.25, -0.2) is 13.4 Å². The Morgan fingerprint density at radius 1 is 0.793 bits per heavy atom. The summed E-state index contributed by atoms with van der Waals surface area (Å²) in [5, 5.41) is 0. The summed E-state index contributed by atoms with van der Waals surface area (Å²) in [4.78, 5) is 13.1. The number of sulfone groups is 1. The molecule has 0 spiro atoms. The molecule has 0 aliphatic carbocycles. The first-order chi connectivity index (χ1) is 14.1. The Balaban J connectivity index is 1.73. The van der Waals surface area contributed by atoms with Crippen molar-refractivity contribution in [2.24, 2.45) is 0 Å². The number of hydrogen-bond acceptors (Lipinski definition) is 6. The van der Waals surface area contributed by atoms with Crippen LogP contribution in [0.1, 0.15) is 5.69 Å². The fraction of sp³-hybridized carbons (Fsp3) is 0.0455. The molecule has 0 aliphatic rings. The van der Waals surface area contributed by atoms with Crippen LogP contribution in [-0.4, -0.2) is 23.4 Å². The first kappa shape index (κ1) is 18.8. The Morgan fingerprint density at radius 2 is 1.45 bits per heavy atom. The molecule has 0 radical (unpaired) electrons. The Morgan fingerprint density at radius 3 is 2.14 bits per heavy atom. The van der Waals surface area contributed by atoms with Crippen molar-refractivity contribution in [2.45, 2.75) is 10.6 Å². The maximum Gasteiger partial charge on any atom is 0.223 e. The molecule has 0 bridgehead atoms. The van der Waals surface area contributed by atoms with Crippen molar-refractivity contribution in [3.8, 4) is 23.0 Å². The maximum absolute atomic E-state index is 12.8. The van der Waals surface area contributed by atoms with Gasteiger partial charge in [0, 0.05) is 24.0 Å². The van der Waals surface area contributed by atoms with Crippen LogP contribution in [0.4, 0.5) is 0 Å². The third-order valence-corrected chi connectivity index (χ3v) is 5.77. The van der Waals surface area contributed by atoms with Crippen molar-refractivity contribution in [1.82, 2.24) is 15.0 Å². The monoisotopic (exact) mass is 403 g/mol. The summed E-state index contributed by atoms with van der Waals surface area (Å²) in [6, 6.07) is 22.6. The van der Waals surface area contributed by atoms with Crippen LogP contribution < -0.4 is 4.74 Å². The molecule has 2 aromatic heterocycles. The molecule has 29 heavy (non-hydrogen) atoms. The number of aromatic nitrogens is 3. The molecule has 2 aromatic carbocycles. The van der Waals surface area contributed by atoms with Crippen LogP contribution in [-0.2, 0) is 15.6 Å². The average Bonchev–Trinajstić information content (AvgIpc) is 2.75. The van der Waals surface area contributed by atoms with Gasteiger partial charge in [0.2, 0.25) is 5.88 Å². The summed E-state index contributed by atoms with van der Waals surface area (Å²) in [5.74, 6) is 0.988. The van der Waals surface area contributed by atoms with E-state index in [0.717, 1.165) is 5.56 Å². The van der Waals surface area contributed by atoms with Gasteiger partial charge in [0.15, 0.2) is 15.7 Å². The number of hydrogen-bond donors (Lipinski definition) is 0. The van der Waals surface area contributed by atoms with E-state index in [9.17, 15) is 8.42 Å². The third-order valence-electron chi connectivity index (χ3n) is 4.10. The van der Waals surface area contributed by atoms with Gasteiger partial charge in [0.1, 0.15) is 5.75 Å². The fourth-order valence-corrected chi connectivity index (χ4v) is 4.02. The minimum absolute atomic E-state index is 0.245. The van der Waals surface area contributed by atoms with Gasteiger partial charge in [-0.05, 0) is 36.4 Å². The Bertz CT molecular complexity index is 1200. The molecular formula is C22H17N3O3S. The van der Waals surface area contributed by atoms with Crippen molar-refractivity contribution in [2.75, 3.05) is 0 Å². The zero-order chi connectivity index (χ0) is 20.1. The highest BCUT2D eigenvalue weighted by Gasteiger charge is 2.18. The highest BCUT2D eigenvalue weighted by atomic mass is 32.2. The molecule has 0 fully saturated rings. The van der Waals surface area contributed by atoms with Crippen molar-refractivity contribution >= 4 is 9.84 Å². The van der Waals surface area contributed by atoms with Crippen LogP contribution in [0.5, 0.6) is 11.6 Å². The summed E-state index contributed by atoms with van der Waals surface area (Å²) in [6.45, 7) is 0. The Kier molecular flexibility index (Phi) is 5.31. The molecule has 0 atom stereocenters. The summed E-state index contributed by atoms with van der Waals surface area (Å²) < 4.78 is 31.5. The minimum atomic E-state index is -3.56. The Hall–Kier alpha value is -3.58. The summed E-state index contributed by atoms with van der Waals surface area (Å²) in [6.07, 6.45) is 3.26. The minimum Gasteiger partial charge on any atom is -0.439 e. The molecule has 6 nitrogen and oxygen atoms in total. The number of pyridine rings is 1. The number of para-hydroxylation sites is 1. The van der Waals surface area contributed by atoms with Crippen LogP contribution in [0.2, 0.25) is 0 Å². The van der Waals surface area contributed by atoms with E-state index >= 15 is 0 Å². The summed E-state index contributed by atoms with van der Waals surface area (Å²) in [5.41, 5.74) is 1.07. The normalized spacial score (nSPS) is 11.2. The summed E-state index contributed by atoms with van der Waals surface area (Å²) in [7, 11) is -3.56. The lowest BCUT2D eigenvalue weighted by molar-refractivity contribution is 0.461. The van der Waals surface area contributed by atoms with Gasteiger partial charge in [-0.3, -0.25) is 4.98 Å². The van der Waals surface area contributed by atoms with Crippen molar-refractivity contribution in [3.05, 3.63) is 97.0 Å². The van der Waals surface area contributed by atoms with Crippen LogP contribution >= 0.6 is 0 Å². The van der Waals surface area contributed by atoms with Gasteiger partial charge in [0.25, 0.3) is 0 Å². The molecule has 2 heterocycles. The molecule has 144 valence electrons. The standard InChI is InChI=1S/C22H17N3O3S/c26-29(27,20-9-5-2-6-10-20)16-18-15-21(28-19-7-3-1-4-8-19)25-22(24-18)17-11-13-23-14-12-17/h1-15H,16H2. The molecule has 4 aromatic rings. The van der Waals surface area contributed by atoms with Gasteiger partial charge in [-0.15, -0.1) is 0 Å². The van der Waals surface area contributed by atoms with E-state index in [-0.39, 0.29) is 16.5 Å². The highest BCUT2D eigenvalue weighted by Crippen LogP contribution is 2.25. The molecule has 4 rings (SSSR count). The van der Waals surface area contributed by atoms with E-state index in [2.05, 4.69) is 15.0 Å². The smallest absolute Gasteiger partial charge is 0.223 e. The number of nitrogens with zero attached hydrogens (tertiary/aromatic N) is 3. The van der Waals surface area contributed by atoms with E-state index in [1.54, 1.807) is 73.1 Å². The molecule has 0 unspecified atom stereocenters.